The van der Waals surface area contributed by atoms with Gasteiger partial charge >= 0.3 is 0 Å². The molecule has 0 aliphatic carbocycles. The molecule has 0 unspecified atom stereocenters. The molecule has 1 saturated heterocycles. The van der Waals surface area contributed by atoms with Crippen molar-refractivity contribution in [2.75, 3.05) is 31.1 Å². The number of benzene rings is 1. The maximum atomic E-state index is 12.8. The van der Waals surface area contributed by atoms with Gasteiger partial charge in [0, 0.05) is 44.1 Å². The number of nitrogens with zero attached hydrogens (tertiary/aromatic N) is 6. The predicted octanol–water partition coefficient (Wildman–Crippen LogP) is 1.10. The van der Waals surface area contributed by atoms with Crippen molar-refractivity contribution in [1.82, 2.24) is 30.3 Å². The zero-order valence-corrected chi connectivity index (χ0v) is 13.1. The van der Waals surface area contributed by atoms with Crippen molar-refractivity contribution in [3.8, 4) is 0 Å². The third-order valence-corrected chi connectivity index (χ3v) is 4.18. The number of aromatic amines is 1. The average molecular weight is 323 g/mol. The number of amides is 1. The molecule has 3 aromatic rings. The molecule has 1 aliphatic rings. The van der Waals surface area contributed by atoms with Gasteiger partial charge in [0.1, 0.15) is 11.0 Å². The number of fused-ring (bicyclic) bond motifs is 1. The van der Waals surface area contributed by atoms with Gasteiger partial charge in [0.2, 0.25) is 5.95 Å². The first-order valence-corrected chi connectivity index (χ1v) is 7.93. The molecule has 122 valence electrons. The van der Waals surface area contributed by atoms with E-state index in [9.17, 15) is 4.79 Å². The Labute approximate surface area is 138 Å². The van der Waals surface area contributed by atoms with Gasteiger partial charge in [-0.2, -0.15) is 15.4 Å². The third-order valence-electron chi connectivity index (χ3n) is 4.18. The van der Waals surface area contributed by atoms with E-state index >= 15 is 0 Å². The lowest BCUT2D eigenvalue weighted by molar-refractivity contribution is 0.0767. The molecule has 1 fully saturated rings. The Hall–Kier alpha value is -3.03. The Balaban J connectivity index is 1.49. The monoisotopic (exact) mass is 323 g/mol. The second-order valence-corrected chi connectivity index (χ2v) is 5.71. The maximum absolute atomic E-state index is 12.8. The van der Waals surface area contributed by atoms with Crippen LogP contribution in [0.5, 0.6) is 0 Å². The van der Waals surface area contributed by atoms with Gasteiger partial charge < -0.3 is 9.80 Å². The van der Waals surface area contributed by atoms with E-state index < -0.39 is 0 Å². The standard InChI is InChI=1S/C16H17N7O/c24-15(12-3-4-13-14(11-12)20-21-19-13)22-7-2-8-23(10-9-22)16-17-5-1-6-18-16/h1,3-6,11H,2,7-10H2,(H,19,20,21). The molecule has 1 aromatic carbocycles. The summed E-state index contributed by atoms with van der Waals surface area (Å²) in [7, 11) is 0. The predicted molar refractivity (Wildman–Crippen MR) is 88.7 cm³/mol. The van der Waals surface area contributed by atoms with Gasteiger partial charge in [-0.25, -0.2) is 9.97 Å². The molecule has 0 spiro atoms. The first kappa shape index (κ1) is 14.6. The number of nitrogens with one attached hydrogen (secondary N) is 1. The number of aromatic nitrogens is 5. The summed E-state index contributed by atoms with van der Waals surface area (Å²) >= 11 is 0. The van der Waals surface area contributed by atoms with Gasteiger partial charge in [-0.3, -0.25) is 4.79 Å². The van der Waals surface area contributed by atoms with Gasteiger partial charge in [-0.1, -0.05) is 0 Å². The average Bonchev–Trinajstić information content (AvgIpc) is 2.96. The van der Waals surface area contributed by atoms with E-state index in [-0.39, 0.29) is 5.91 Å². The molecule has 3 heterocycles. The summed E-state index contributed by atoms with van der Waals surface area (Å²) in [5, 5.41) is 10.6. The van der Waals surface area contributed by atoms with Crippen LogP contribution < -0.4 is 4.90 Å². The lowest BCUT2D eigenvalue weighted by Gasteiger charge is -2.22. The number of rotatable bonds is 2. The summed E-state index contributed by atoms with van der Waals surface area (Å²) in [6, 6.07) is 7.20. The summed E-state index contributed by atoms with van der Waals surface area (Å²) in [6.45, 7) is 2.94. The van der Waals surface area contributed by atoms with Crippen LogP contribution in [0.25, 0.3) is 11.0 Å². The fourth-order valence-corrected chi connectivity index (χ4v) is 2.93. The highest BCUT2D eigenvalue weighted by molar-refractivity contribution is 5.97. The van der Waals surface area contributed by atoms with Crippen LogP contribution in [0.3, 0.4) is 0 Å². The van der Waals surface area contributed by atoms with Crippen LogP contribution in [0.2, 0.25) is 0 Å². The Morgan fingerprint density at radius 3 is 2.71 bits per heavy atom. The van der Waals surface area contributed by atoms with E-state index in [1.165, 1.54) is 0 Å². The molecule has 0 saturated carbocycles. The lowest BCUT2D eigenvalue weighted by Crippen LogP contribution is -2.35. The minimum absolute atomic E-state index is 0.0238. The number of anilines is 1. The Morgan fingerprint density at radius 2 is 1.83 bits per heavy atom. The summed E-state index contributed by atoms with van der Waals surface area (Å²) < 4.78 is 0. The highest BCUT2D eigenvalue weighted by atomic mass is 16.2. The molecule has 1 N–H and O–H groups in total. The highest BCUT2D eigenvalue weighted by Gasteiger charge is 2.21. The van der Waals surface area contributed by atoms with Crippen molar-refractivity contribution >= 4 is 22.9 Å². The SMILES string of the molecule is O=C(c1ccc2n[nH]nc2c1)N1CCCN(c2ncccn2)CC1. The molecule has 0 radical (unpaired) electrons. The van der Waals surface area contributed by atoms with E-state index in [0.717, 1.165) is 37.5 Å². The van der Waals surface area contributed by atoms with E-state index in [0.29, 0.717) is 17.6 Å². The minimum Gasteiger partial charge on any atom is -0.339 e. The maximum Gasteiger partial charge on any atom is 0.253 e. The Bertz CT molecular complexity index is 848. The first-order chi connectivity index (χ1) is 11.8. The smallest absolute Gasteiger partial charge is 0.253 e. The number of carbonyl (C=O) groups is 1. The van der Waals surface area contributed by atoms with Crippen molar-refractivity contribution < 1.29 is 4.79 Å². The fraction of sp³-hybridized carbons (Fsp3) is 0.312. The molecule has 4 rings (SSSR count). The van der Waals surface area contributed by atoms with Crippen molar-refractivity contribution in [3.05, 3.63) is 42.2 Å². The van der Waals surface area contributed by atoms with Crippen molar-refractivity contribution in [3.63, 3.8) is 0 Å². The second kappa shape index (κ2) is 6.23. The lowest BCUT2D eigenvalue weighted by atomic mass is 10.1. The minimum atomic E-state index is 0.0238. The van der Waals surface area contributed by atoms with Gasteiger partial charge in [0.15, 0.2) is 0 Å². The van der Waals surface area contributed by atoms with Gasteiger partial charge in [0.25, 0.3) is 5.91 Å². The molecule has 0 atom stereocenters. The van der Waals surface area contributed by atoms with Crippen LogP contribution in [0, 0.1) is 0 Å². The van der Waals surface area contributed by atoms with Crippen LogP contribution in [-0.4, -0.2) is 62.4 Å². The molecule has 24 heavy (non-hydrogen) atoms. The fourth-order valence-electron chi connectivity index (χ4n) is 2.93. The first-order valence-electron chi connectivity index (χ1n) is 7.93. The van der Waals surface area contributed by atoms with Crippen LogP contribution in [-0.2, 0) is 0 Å². The molecule has 8 heteroatoms. The topological polar surface area (TPSA) is 90.9 Å². The number of H-pyrrole nitrogens is 1. The number of hydrogen-bond acceptors (Lipinski definition) is 6. The van der Waals surface area contributed by atoms with E-state index in [2.05, 4.69) is 30.3 Å². The second-order valence-electron chi connectivity index (χ2n) is 5.71. The van der Waals surface area contributed by atoms with E-state index in [1.54, 1.807) is 30.6 Å². The van der Waals surface area contributed by atoms with Gasteiger partial charge in [-0.15, -0.1) is 0 Å². The summed E-state index contributed by atoms with van der Waals surface area (Å²) in [5.41, 5.74) is 2.10. The molecule has 1 amide bonds. The Kier molecular flexibility index (Phi) is 3.78. The zero-order valence-electron chi connectivity index (χ0n) is 13.1. The van der Waals surface area contributed by atoms with Gasteiger partial charge in [-0.05, 0) is 30.7 Å². The van der Waals surface area contributed by atoms with Gasteiger partial charge in [0.05, 0.1) is 0 Å². The van der Waals surface area contributed by atoms with Crippen LogP contribution in [0.1, 0.15) is 16.8 Å². The number of carbonyl (C=O) groups excluding carboxylic acids is 1. The zero-order chi connectivity index (χ0) is 16.4. The molecular formula is C16H17N7O. The van der Waals surface area contributed by atoms with Crippen molar-refractivity contribution in [2.45, 2.75) is 6.42 Å². The molecule has 0 bridgehead atoms. The third kappa shape index (κ3) is 2.78. The highest BCUT2D eigenvalue weighted by Crippen LogP contribution is 2.15. The van der Waals surface area contributed by atoms with Crippen LogP contribution >= 0.6 is 0 Å². The van der Waals surface area contributed by atoms with E-state index in [1.807, 2.05) is 11.0 Å². The van der Waals surface area contributed by atoms with Crippen LogP contribution in [0.4, 0.5) is 5.95 Å². The normalized spacial score (nSPS) is 15.5. The van der Waals surface area contributed by atoms with E-state index in [4.69, 9.17) is 0 Å². The summed E-state index contributed by atoms with van der Waals surface area (Å²) in [5.74, 6) is 0.742. The van der Waals surface area contributed by atoms with Crippen molar-refractivity contribution in [2.24, 2.45) is 0 Å². The summed E-state index contributed by atoms with van der Waals surface area (Å²) in [4.78, 5) is 25.4. The largest absolute Gasteiger partial charge is 0.339 e. The molecule has 1 aliphatic heterocycles. The summed E-state index contributed by atoms with van der Waals surface area (Å²) in [6.07, 6.45) is 4.36. The molecule has 8 nitrogen and oxygen atoms in total. The number of hydrogen-bond donors (Lipinski definition) is 1. The molecule has 2 aromatic heterocycles. The van der Waals surface area contributed by atoms with Crippen LogP contribution in [0.15, 0.2) is 36.7 Å². The Morgan fingerprint density at radius 1 is 1.00 bits per heavy atom. The molecular weight excluding hydrogens is 306 g/mol. The quantitative estimate of drug-likeness (QED) is 0.759. The van der Waals surface area contributed by atoms with Crippen molar-refractivity contribution in [1.29, 1.82) is 0 Å².